The van der Waals surface area contributed by atoms with Crippen LogP contribution in [0.15, 0.2) is 30.3 Å². The van der Waals surface area contributed by atoms with Crippen LogP contribution in [0.5, 0.6) is 5.75 Å². The maximum atomic E-state index is 8.84. The summed E-state index contributed by atoms with van der Waals surface area (Å²) in [7, 11) is 0. The standard InChI is InChI=1S/C12H11NO2/c14-15-12-7-11-9(5-6-13-11)8-3-1-2-4-10(8)12/h1-4,7,13-14H,5-6H2. The average molecular weight is 201 g/mol. The van der Waals surface area contributed by atoms with Crippen LogP contribution < -0.4 is 10.2 Å². The van der Waals surface area contributed by atoms with Gasteiger partial charge in [0, 0.05) is 23.7 Å². The summed E-state index contributed by atoms with van der Waals surface area (Å²) in [5.41, 5.74) is 2.38. The van der Waals surface area contributed by atoms with E-state index in [0.717, 1.165) is 29.4 Å². The molecule has 2 N–H and O–H groups in total. The number of anilines is 1. The van der Waals surface area contributed by atoms with Crippen LogP contribution in [0.4, 0.5) is 5.69 Å². The fourth-order valence-electron chi connectivity index (χ4n) is 2.23. The number of benzene rings is 2. The molecule has 0 bridgehead atoms. The van der Waals surface area contributed by atoms with E-state index >= 15 is 0 Å². The second-order valence-corrected chi connectivity index (χ2v) is 3.71. The molecule has 0 saturated carbocycles. The molecule has 1 aliphatic heterocycles. The zero-order valence-electron chi connectivity index (χ0n) is 8.16. The number of fused-ring (bicyclic) bond motifs is 3. The molecule has 0 atom stereocenters. The first-order valence-electron chi connectivity index (χ1n) is 5.00. The Balaban J connectivity index is 2.41. The first-order valence-corrected chi connectivity index (χ1v) is 5.00. The molecule has 3 rings (SSSR count). The molecule has 0 spiro atoms. The van der Waals surface area contributed by atoms with Gasteiger partial charge in [0.15, 0.2) is 5.75 Å². The van der Waals surface area contributed by atoms with Crippen molar-refractivity contribution in [1.29, 1.82) is 0 Å². The largest absolute Gasteiger partial charge is 0.384 e. The summed E-state index contributed by atoms with van der Waals surface area (Å²) < 4.78 is 0. The highest BCUT2D eigenvalue weighted by molar-refractivity contribution is 5.95. The molecule has 15 heavy (non-hydrogen) atoms. The van der Waals surface area contributed by atoms with Crippen LogP contribution in [-0.2, 0) is 6.42 Å². The van der Waals surface area contributed by atoms with E-state index in [1.165, 1.54) is 5.56 Å². The first-order chi connectivity index (χ1) is 7.40. The van der Waals surface area contributed by atoms with Gasteiger partial charge in [0.05, 0.1) is 0 Å². The molecule has 1 aliphatic rings. The fraction of sp³-hybridized carbons (Fsp3) is 0.167. The molecule has 0 fully saturated rings. The zero-order valence-corrected chi connectivity index (χ0v) is 8.16. The lowest BCUT2D eigenvalue weighted by Gasteiger charge is -2.08. The van der Waals surface area contributed by atoms with Gasteiger partial charge < -0.3 is 10.2 Å². The van der Waals surface area contributed by atoms with Crippen molar-refractivity contribution in [2.75, 3.05) is 11.9 Å². The molecule has 2 aromatic carbocycles. The average Bonchev–Trinajstić information content (AvgIpc) is 2.76. The molecule has 0 aliphatic carbocycles. The maximum absolute atomic E-state index is 8.84. The molecule has 0 saturated heterocycles. The van der Waals surface area contributed by atoms with Crippen LogP contribution in [0.2, 0.25) is 0 Å². The first kappa shape index (κ1) is 8.56. The molecule has 0 amide bonds. The van der Waals surface area contributed by atoms with Gasteiger partial charge in [-0.05, 0) is 17.4 Å². The normalized spacial score (nSPS) is 13.7. The SMILES string of the molecule is OOc1cc2c(c3ccccc13)CCN2. The van der Waals surface area contributed by atoms with Gasteiger partial charge in [-0.15, -0.1) is 0 Å². The van der Waals surface area contributed by atoms with E-state index in [0.29, 0.717) is 5.75 Å². The van der Waals surface area contributed by atoms with Crippen molar-refractivity contribution in [2.24, 2.45) is 0 Å². The van der Waals surface area contributed by atoms with Gasteiger partial charge in [-0.1, -0.05) is 24.3 Å². The molecule has 76 valence electrons. The summed E-state index contributed by atoms with van der Waals surface area (Å²) in [6, 6.07) is 9.82. The molecular weight excluding hydrogens is 190 g/mol. The van der Waals surface area contributed by atoms with Gasteiger partial charge in [-0.2, -0.15) is 0 Å². The van der Waals surface area contributed by atoms with Crippen molar-refractivity contribution < 1.29 is 10.1 Å². The van der Waals surface area contributed by atoms with Gasteiger partial charge >= 0.3 is 0 Å². The van der Waals surface area contributed by atoms with Gasteiger partial charge in [0.2, 0.25) is 0 Å². The molecule has 0 radical (unpaired) electrons. The van der Waals surface area contributed by atoms with E-state index in [1.54, 1.807) is 0 Å². The predicted octanol–water partition coefficient (Wildman–Crippen LogP) is 2.66. The van der Waals surface area contributed by atoms with Crippen molar-refractivity contribution in [1.82, 2.24) is 0 Å². The Morgan fingerprint density at radius 1 is 1.20 bits per heavy atom. The summed E-state index contributed by atoms with van der Waals surface area (Å²) in [6.45, 7) is 0.953. The van der Waals surface area contributed by atoms with E-state index in [4.69, 9.17) is 5.26 Å². The summed E-state index contributed by atoms with van der Waals surface area (Å²) in [4.78, 5) is 4.41. The molecule has 3 nitrogen and oxygen atoms in total. The summed E-state index contributed by atoms with van der Waals surface area (Å²) in [6.07, 6.45) is 1.03. The lowest BCUT2D eigenvalue weighted by atomic mass is 10.0. The molecule has 0 unspecified atom stereocenters. The number of nitrogens with one attached hydrogen (secondary N) is 1. The van der Waals surface area contributed by atoms with E-state index in [-0.39, 0.29) is 0 Å². The molecule has 3 heteroatoms. The fourth-order valence-corrected chi connectivity index (χ4v) is 2.23. The molecular formula is C12H11NO2. The zero-order chi connectivity index (χ0) is 10.3. The third-order valence-corrected chi connectivity index (χ3v) is 2.91. The van der Waals surface area contributed by atoms with Crippen LogP contribution in [0.3, 0.4) is 0 Å². The Hall–Kier alpha value is -1.74. The lowest BCUT2D eigenvalue weighted by molar-refractivity contribution is -0.136. The Morgan fingerprint density at radius 3 is 2.80 bits per heavy atom. The van der Waals surface area contributed by atoms with Crippen molar-refractivity contribution in [3.05, 3.63) is 35.9 Å². The second kappa shape index (κ2) is 3.14. The van der Waals surface area contributed by atoms with Crippen molar-refractivity contribution >= 4 is 16.5 Å². The smallest absolute Gasteiger partial charge is 0.174 e. The van der Waals surface area contributed by atoms with Crippen LogP contribution >= 0.6 is 0 Å². The molecule has 1 heterocycles. The Morgan fingerprint density at radius 2 is 2.00 bits per heavy atom. The summed E-state index contributed by atoms with van der Waals surface area (Å²) in [5.74, 6) is 0.513. The van der Waals surface area contributed by atoms with Crippen LogP contribution in [-0.4, -0.2) is 11.8 Å². The number of rotatable bonds is 1. The van der Waals surface area contributed by atoms with Gasteiger partial charge in [0.1, 0.15) is 0 Å². The van der Waals surface area contributed by atoms with Crippen LogP contribution in [0.25, 0.3) is 10.8 Å². The van der Waals surface area contributed by atoms with E-state index < -0.39 is 0 Å². The van der Waals surface area contributed by atoms with Gasteiger partial charge in [-0.25, -0.2) is 5.26 Å². The second-order valence-electron chi connectivity index (χ2n) is 3.71. The van der Waals surface area contributed by atoms with Crippen molar-refractivity contribution in [2.45, 2.75) is 6.42 Å². The van der Waals surface area contributed by atoms with Crippen LogP contribution in [0, 0.1) is 0 Å². The minimum absolute atomic E-state index is 0.513. The van der Waals surface area contributed by atoms with Gasteiger partial charge in [0.25, 0.3) is 0 Å². The third-order valence-electron chi connectivity index (χ3n) is 2.91. The quantitative estimate of drug-likeness (QED) is 0.550. The monoisotopic (exact) mass is 201 g/mol. The van der Waals surface area contributed by atoms with E-state index in [2.05, 4.69) is 16.3 Å². The van der Waals surface area contributed by atoms with E-state index in [9.17, 15) is 0 Å². The third kappa shape index (κ3) is 1.17. The minimum Gasteiger partial charge on any atom is -0.384 e. The minimum atomic E-state index is 0.513. The highest BCUT2D eigenvalue weighted by Gasteiger charge is 2.16. The van der Waals surface area contributed by atoms with Crippen molar-refractivity contribution in [3.63, 3.8) is 0 Å². The van der Waals surface area contributed by atoms with Gasteiger partial charge in [-0.3, -0.25) is 0 Å². The number of hydrogen-bond acceptors (Lipinski definition) is 3. The Kier molecular flexibility index (Phi) is 1.79. The Bertz CT molecular complexity index is 522. The predicted molar refractivity (Wildman–Crippen MR) is 59.4 cm³/mol. The highest BCUT2D eigenvalue weighted by Crippen LogP contribution is 2.36. The Labute approximate surface area is 87.2 Å². The lowest BCUT2D eigenvalue weighted by Crippen LogP contribution is -1.92. The topological polar surface area (TPSA) is 41.5 Å². The molecule has 0 aromatic heterocycles. The van der Waals surface area contributed by atoms with E-state index in [1.807, 2.05) is 24.3 Å². The summed E-state index contributed by atoms with van der Waals surface area (Å²) >= 11 is 0. The molecule has 2 aromatic rings. The highest BCUT2D eigenvalue weighted by atomic mass is 17.1. The number of hydrogen-bond donors (Lipinski definition) is 2. The van der Waals surface area contributed by atoms with Crippen LogP contribution in [0.1, 0.15) is 5.56 Å². The van der Waals surface area contributed by atoms with Crippen molar-refractivity contribution in [3.8, 4) is 5.75 Å². The summed E-state index contributed by atoms with van der Waals surface area (Å²) in [5, 5.41) is 14.2. The maximum Gasteiger partial charge on any atom is 0.174 e.